The van der Waals surface area contributed by atoms with Crippen molar-refractivity contribution in [3.05, 3.63) is 23.9 Å². The highest BCUT2D eigenvalue weighted by molar-refractivity contribution is 5.88. The molecular weight excluding hydrogens is 280 g/mol. The van der Waals surface area contributed by atoms with E-state index in [0.29, 0.717) is 0 Å². The highest BCUT2D eigenvalue weighted by Crippen LogP contribution is 2.31. The topological polar surface area (TPSA) is 70.7 Å². The molecule has 1 aromatic heterocycles. The Kier molecular flexibility index (Phi) is 5.52. The summed E-state index contributed by atoms with van der Waals surface area (Å²) in [7, 11) is 6.95. The average Bonchev–Trinajstić information content (AvgIpc) is 2.96. The van der Waals surface area contributed by atoms with Gasteiger partial charge in [-0.25, -0.2) is 0 Å². The lowest BCUT2D eigenvalue weighted by Crippen LogP contribution is -2.35. The number of aromatic nitrogens is 1. The van der Waals surface area contributed by atoms with E-state index >= 15 is 0 Å². The fraction of sp³-hybridized carbons (Fsp3) is 0.438. The summed E-state index contributed by atoms with van der Waals surface area (Å²) in [5.74, 6) is 2.42. The van der Waals surface area contributed by atoms with Gasteiger partial charge in [0.05, 0.1) is 19.7 Å². The quantitative estimate of drug-likeness (QED) is 0.433. The third-order valence-corrected chi connectivity index (χ3v) is 3.56. The fourth-order valence-electron chi connectivity index (χ4n) is 2.42. The molecule has 0 bridgehead atoms. The number of aromatic amines is 1. The Bertz CT molecular complexity index is 649. The molecule has 0 spiro atoms. The van der Waals surface area contributed by atoms with Crippen molar-refractivity contribution < 1.29 is 9.47 Å². The van der Waals surface area contributed by atoms with Crippen LogP contribution in [0.3, 0.4) is 0 Å². The van der Waals surface area contributed by atoms with E-state index in [2.05, 4.69) is 26.7 Å². The van der Waals surface area contributed by atoms with Gasteiger partial charge in [-0.2, -0.15) is 0 Å². The lowest BCUT2D eigenvalue weighted by Gasteiger charge is -2.07. The molecular formula is C16H24N4O2. The van der Waals surface area contributed by atoms with E-state index in [1.54, 1.807) is 21.3 Å². The van der Waals surface area contributed by atoms with Crippen LogP contribution in [-0.2, 0) is 6.42 Å². The minimum atomic E-state index is 0.789. The van der Waals surface area contributed by atoms with E-state index in [4.69, 9.17) is 9.47 Å². The Balaban J connectivity index is 2.03. The maximum Gasteiger partial charge on any atom is 0.190 e. The minimum Gasteiger partial charge on any atom is -0.497 e. The van der Waals surface area contributed by atoms with Crippen LogP contribution < -0.4 is 20.1 Å². The highest BCUT2D eigenvalue weighted by atomic mass is 16.5. The summed E-state index contributed by atoms with van der Waals surface area (Å²) in [5.41, 5.74) is 2.22. The Morgan fingerprint density at radius 3 is 2.68 bits per heavy atom. The van der Waals surface area contributed by atoms with Gasteiger partial charge in [0.25, 0.3) is 0 Å². The zero-order valence-electron chi connectivity index (χ0n) is 13.6. The summed E-state index contributed by atoms with van der Waals surface area (Å²) in [6, 6.07) is 6.03. The van der Waals surface area contributed by atoms with Gasteiger partial charge in [-0.1, -0.05) is 0 Å². The Morgan fingerprint density at radius 1 is 1.23 bits per heavy atom. The van der Waals surface area contributed by atoms with Crippen LogP contribution in [0.15, 0.2) is 23.2 Å². The van der Waals surface area contributed by atoms with Gasteiger partial charge in [-0.3, -0.25) is 4.99 Å². The third kappa shape index (κ3) is 3.63. The van der Waals surface area contributed by atoms with Gasteiger partial charge < -0.3 is 25.1 Å². The number of rotatable bonds is 6. The van der Waals surface area contributed by atoms with Crippen LogP contribution in [0, 0.1) is 0 Å². The Labute approximate surface area is 130 Å². The number of hydrogen-bond donors (Lipinski definition) is 3. The molecule has 0 unspecified atom stereocenters. The summed E-state index contributed by atoms with van der Waals surface area (Å²) in [5, 5.41) is 7.33. The summed E-state index contributed by atoms with van der Waals surface area (Å²) in [6.07, 6.45) is 1.96. The van der Waals surface area contributed by atoms with Crippen molar-refractivity contribution in [3.63, 3.8) is 0 Å². The molecule has 0 radical (unpaired) electrons. The smallest absolute Gasteiger partial charge is 0.190 e. The fourth-order valence-corrected chi connectivity index (χ4v) is 2.42. The number of fused-ring (bicyclic) bond motifs is 1. The molecule has 6 nitrogen and oxygen atoms in total. The molecule has 0 aliphatic rings. The van der Waals surface area contributed by atoms with Crippen LogP contribution in [0.1, 0.15) is 12.1 Å². The summed E-state index contributed by atoms with van der Waals surface area (Å²) in [4.78, 5) is 7.51. The molecule has 0 saturated carbocycles. The minimum absolute atomic E-state index is 0.789. The number of aryl methyl sites for hydroxylation is 1. The molecule has 0 aliphatic carbocycles. The van der Waals surface area contributed by atoms with Crippen molar-refractivity contribution in [1.82, 2.24) is 15.6 Å². The van der Waals surface area contributed by atoms with Crippen LogP contribution in [0.2, 0.25) is 0 Å². The van der Waals surface area contributed by atoms with E-state index in [0.717, 1.165) is 47.7 Å². The van der Waals surface area contributed by atoms with Crippen molar-refractivity contribution in [2.24, 2.45) is 4.99 Å². The van der Waals surface area contributed by atoms with E-state index in [9.17, 15) is 0 Å². The molecule has 3 N–H and O–H groups in total. The number of aliphatic imine (C=N–C) groups is 1. The lowest BCUT2D eigenvalue weighted by molar-refractivity contribution is 0.398. The van der Waals surface area contributed by atoms with Crippen molar-refractivity contribution in [2.75, 3.05) is 34.9 Å². The predicted octanol–water partition coefficient (Wildman–Crippen LogP) is 1.91. The van der Waals surface area contributed by atoms with Gasteiger partial charge in [-0.05, 0) is 18.9 Å². The number of H-pyrrole nitrogens is 1. The maximum absolute atomic E-state index is 5.43. The van der Waals surface area contributed by atoms with Gasteiger partial charge >= 0.3 is 0 Å². The van der Waals surface area contributed by atoms with E-state index in [-0.39, 0.29) is 0 Å². The third-order valence-electron chi connectivity index (χ3n) is 3.56. The van der Waals surface area contributed by atoms with Crippen LogP contribution in [0.25, 0.3) is 10.9 Å². The number of nitrogens with zero attached hydrogens (tertiary/aromatic N) is 1. The van der Waals surface area contributed by atoms with Crippen LogP contribution in [-0.4, -0.2) is 45.8 Å². The number of benzene rings is 1. The predicted molar refractivity (Wildman–Crippen MR) is 90.1 cm³/mol. The molecule has 2 rings (SSSR count). The van der Waals surface area contributed by atoms with E-state index in [1.165, 1.54) is 5.69 Å². The highest BCUT2D eigenvalue weighted by Gasteiger charge is 2.09. The number of methoxy groups -OCH3 is 2. The summed E-state index contributed by atoms with van der Waals surface area (Å²) in [6.45, 7) is 0.864. The van der Waals surface area contributed by atoms with Gasteiger partial charge in [-0.15, -0.1) is 0 Å². The first-order valence-electron chi connectivity index (χ1n) is 7.33. The molecule has 22 heavy (non-hydrogen) atoms. The second-order valence-corrected chi connectivity index (χ2v) is 4.94. The van der Waals surface area contributed by atoms with Gasteiger partial charge in [0.1, 0.15) is 11.5 Å². The van der Waals surface area contributed by atoms with Crippen molar-refractivity contribution in [2.45, 2.75) is 12.8 Å². The Morgan fingerprint density at radius 2 is 2.05 bits per heavy atom. The number of hydrogen-bond acceptors (Lipinski definition) is 3. The van der Waals surface area contributed by atoms with Crippen LogP contribution in [0.5, 0.6) is 11.5 Å². The summed E-state index contributed by atoms with van der Waals surface area (Å²) < 4.78 is 10.7. The second kappa shape index (κ2) is 7.59. The normalized spacial score (nSPS) is 11.5. The SMILES string of the molecule is CN=C(NC)NCCCc1cc2c(OC)cc(OC)cc2[nH]1. The zero-order valence-corrected chi connectivity index (χ0v) is 13.6. The first-order valence-corrected chi connectivity index (χ1v) is 7.33. The average molecular weight is 304 g/mol. The molecule has 2 aromatic rings. The van der Waals surface area contributed by atoms with Gasteiger partial charge in [0.15, 0.2) is 5.96 Å². The lowest BCUT2D eigenvalue weighted by atomic mass is 10.2. The van der Waals surface area contributed by atoms with E-state index in [1.807, 2.05) is 19.2 Å². The molecule has 0 saturated heterocycles. The molecule has 0 aliphatic heterocycles. The standard InChI is InChI=1S/C16H24N4O2/c1-17-16(18-2)19-7-5-6-11-8-13-14(20-11)9-12(21-3)10-15(13)22-4/h8-10,20H,5-7H2,1-4H3,(H2,17,18,19). The monoisotopic (exact) mass is 304 g/mol. The number of nitrogens with one attached hydrogen (secondary N) is 3. The molecule has 1 heterocycles. The second-order valence-electron chi connectivity index (χ2n) is 4.94. The summed E-state index contributed by atoms with van der Waals surface area (Å²) >= 11 is 0. The molecule has 0 amide bonds. The molecule has 0 fully saturated rings. The molecule has 6 heteroatoms. The first kappa shape index (κ1) is 16.0. The van der Waals surface area contributed by atoms with Crippen LogP contribution in [0.4, 0.5) is 0 Å². The number of guanidine groups is 1. The van der Waals surface area contributed by atoms with Crippen molar-refractivity contribution in [3.8, 4) is 11.5 Å². The van der Waals surface area contributed by atoms with E-state index < -0.39 is 0 Å². The first-order chi connectivity index (χ1) is 10.7. The van der Waals surface area contributed by atoms with Crippen LogP contribution >= 0.6 is 0 Å². The number of ether oxygens (including phenoxy) is 2. The van der Waals surface area contributed by atoms with Gasteiger partial charge in [0, 0.05) is 43.9 Å². The molecule has 0 atom stereocenters. The molecule has 120 valence electrons. The Hall–Kier alpha value is -2.37. The largest absolute Gasteiger partial charge is 0.497 e. The van der Waals surface area contributed by atoms with Crippen molar-refractivity contribution >= 4 is 16.9 Å². The van der Waals surface area contributed by atoms with Crippen molar-refractivity contribution in [1.29, 1.82) is 0 Å². The molecule has 1 aromatic carbocycles. The maximum atomic E-state index is 5.43. The van der Waals surface area contributed by atoms with Gasteiger partial charge in [0.2, 0.25) is 0 Å². The zero-order chi connectivity index (χ0) is 15.9.